The van der Waals surface area contributed by atoms with Gasteiger partial charge in [-0.25, -0.2) is 9.37 Å². The number of aromatic nitrogens is 1. The SMILES string of the molecule is O=C(c1ccccc1)c1ccc(C(=O)N2CCN(c3nc4c(F)cccc4s3)CC2)cc1. The lowest BCUT2D eigenvalue weighted by Crippen LogP contribution is -2.48. The van der Waals surface area contributed by atoms with Crippen LogP contribution < -0.4 is 4.90 Å². The van der Waals surface area contributed by atoms with E-state index in [1.54, 1.807) is 47.4 Å². The van der Waals surface area contributed by atoms with Gasteiger partial charge in [0, 0.05) is 42.9 Å². The zero-order chi connectivity index (χ0) is 22.1. The number of rotatable bonds is 4. The maximum atomic E-state index is 13.9. The summed E-state index contributed by atoms with van der Waals surface area (Å²) in [7, 11) is 0. The lowest BCUT2D eigenvalue weighted by Gasteiger charge is -2.34. The Hall–Kier alpha value is -3.58. The van der Waals surface area contributed by atoms with Gasteiger partial charge in [-0.1, -0.05) is 59.9 Å². The summed E-state index contributed by atoms with van der Waals surface area (Å²) in [6.07, 6.45) is 0. The number of hydrogen-bond acceptors (Lipinski definition) is 5. The van der Waals surface area contributed by atoms with E-state index < -0.39 is 0 Å². The van der Waals surface area contributed by atoms with Crippen molar-refractivity contribution in [3.63, 3.8) is 0 Å². The molecule has 1 aromatic heterocycles. The maximum Gasteiger partial charge on any atom is 0.253 e. The van der Waals surface area contributed by atoms with Crippen LogP contribution in [0.2, 0.25) is 0 Å². The normalized spacial score (nSPS) is 14.0. The van der Waals surface area contributed by atoms with E-state index in [0.717, 1.165) is 9.83 Å². The number of nitrogens with zero attached hydrogens (tertiary/aromatic N) is 3. The van der Waals surface area contributed by atoms with E-state index in [4.69, 9.17) is 0 Å². The summed E-state index contributed by atoms with van der Waals surface area (Å²) >= 11 is 1.47. The zero-order valence-electron chi connectivity index (χ0n) is 17.2. The molecule has 2 heterocycles. The third-order valence-electron chi connectivity index (χ3n) is 5.63. The molecule has 4 aromatic rings. The molecule has 7 heteroatoms. The number of benzene rings is 3. The topological polar surface area (TPSA) is 53.5 Å². The minimum atomic E-state index is -0.312. The molecule has 0 spiro atoms. The molecule has 1 aliphatic rings. The van der Waals surface area contributed by atoms with Gasteiger partial charge in [0.1, 0.15) is 11.3 Å². The Balaban J connectivity index is 1.24. The third kappa shape index (κ3) is 3.87. The minimum Gasteiger partial charge on any atom is -0.345 e. The van der Waals surface area contributed by atoms with Crippen molar-refractivity contribution in [1.29, 1.82) is 0 Å². The van der Waals surface area contributed by atoms with Crippen LogP contribution in [0.25, 0.3) is 10.2 Å². The summed E-state index contributed by atoms with van der Waals surface area (Å²) in [4.78, 5) is 33.8. The Morgan fingerprint density at radius 3 is 2.12 bits per heavy atom. The van der Waals surface area contributed by atoms with Crippen LogP contribution in [-0.2, 0) is 0 Å². The van der Waals surface area contributed by atoms with E-state index in [1.807, 2.05) is 24.3 Å². The van der Waals surface area contributed by atoms with E-state index in [1.165, 1.54) is 17.4 Å². The van der Waals surface area contributed by atoms with E-state index in [2.05, 4.69) is 9.88 Å². The molecule has 160 valence electrons. The Morgan fingerprint density at radius 2 is 1.44 bits per heavy atom. The number of piperazine rings is 1. The molecule has 0 bridgehead atoms. The van der Waals surface area contributed by atoms with Crippen LogP contribution in [-0.4, -0.2) is 47.8 Å². The molecular formula is C25H20FN3O2S. The summed E-state index contributed by atoms with van der Waals surface area (Å²) in [6, 6.07) is 20.9. The Labute approximate surface area is 188 Å². The first kappa shape index (κ1) is 20.3. The molecule has 1 amide bonds. The van der Waals surface area contributed by atoms with Crippen LogP contribution in [0, 0.1) is 5.82 Å². The first-order chi connectivity index (χ1) is 15.6. The van der Waals surface area contributed by atoms with Crippen molar-refractivity contribution in [2.24, 2.45) is 0 Å². The van der Waals surface area contributed by atoms with Crippen molar-refractivity contribution in [3.8, 4) is 0 Å². The fourth-order valence-corrected chi connectivity index (χ4v) is 4.87. The maximum absolute atomic E-state index is 13.9. The van der Waals surface area contributed by atoms with Gasteiger partial charge in [0.05, 0.1) is 4.70 Å². The Morgan fingerprint density at radius 1 is 0.781 bits per heavy atom. The largest absolute Gasteiger partial charge is 0.345 e. The number of amides is 1. The molecule has 3 aromatic carbocycles. The number of carbonyl (C=O) groups excluding carboxylic acids is 2. The van der Waals surface area contributed by atoms with E-state index in [0.29, 0.717) is 48.4 Å². The fourth-order valence-electron chi connectivity index (χ4n) is 3.84. The molecule has 0 N–H and O–H groups in total. The van der Waals surface area contributed by atoms with Crippen molar-refractivity contribution in [3.05, 3.63) is 95.3 Å². The summed E-state index contributed by atoms with van der Waals surface area (Å²) in [6.45, 7) is 2.39. The summed E-state index contributed by atoms with van der Waals surface area (Å²) < 4.78 is 14.8. The van der Waals surface area contributed by atoms with Gasteiger partial charge in [-0.15, -0.1) is 0 Å². The van der Waals surface area contributed by atoms with Crippen molar-refractivity contribution < 1.29 is 14.0 Å². The number of carbonyl (C=O) groups is 2. The van der Waals surface area contributed by atoms with E-state index >= 15 is 0 Å². The second kappa shape index (κ2) is 8.51. The Bertz CT molecular complexity index is 1280. The molecule has 1 saturated heterocycles. The molecule has 0 aliphatic carbocycles. The number of halogens is 1. The summed E-state index contributed by atoms with van der Waals surface area (Å²) in [5.41, 5.74) is 2.14. The monoisotopic (exact) mass is 445 g/mol. The molecule has 0 atom stereocenters. The van der Waals surface area contributed by atoms with Crippen LogP contribution in [0.15, 0.2) is 72.8 Å². The summed E-state index contributed by atoms with van der Waals surface area (Å²) in [5.74, 6) is -0.433. The summed E-state index contributed by atoms with van der Waals surface area (Å²) in [5, 5.41) is 0.779. The number of fused-ring (bicyclic) bond motifs is 1. The van der Waals surface area contributed by atoms with Gasteiger partial charge in [-0.05, 0) is 24.3 Å². The van der Waals surface area contributed by atoms with Gasteiger partial charge in [0.15, 0.2) is 10.9 Å². The van der Waals surface area contributed by atoms with Crippen LogP contribution in [0.5, 0.6) is 0 Å². The highest BCUT2D eigenvalue weighted by molar-refractivity contribution is 7.22. The molecule has 5 nitrogen and oxygen atoms in total. The molecule has 32 heavy (non-hydrogen) atoms. The smallest absolute Gasteiger partial charge is 0.253 e. The van der Waals surface area contributed by atoms with Crippen LogP contribution >= 0.6 is 11.3 Å². The van der Waals surface area contributed by atoms with Crippen LogP contribution in [0.1, 0.15) is 26.3 Å². The standard InChI is InChI=1S/C25H20FN3O2S/c26-20-7-4-8-21-22(20)27-25(32-21)29-15-13-28(14-16-29)24(31)19-11-9-18(10-12-19)23(30)17-5-2-1-3-6-17/h1-12H,13-16H2. The van der Waals surface area contributed by atoms with Gasteiger partial charge in [-0.3, -0.25) is 9.59 Å². The molecule has 0 saturated carbocycles. The molecule has 0 radical (unpaired) electrons. The number of hydrogen-bond donors (Lipinski definition) is 0. The number of anilines is 1. The van der Waals surface area contributed by atoms with Gasteiger partial charge < -0.3 is 9.80 Å². The lowest BCUT2D eigenvalue weighted by atomic mass is 10.0. The van der Waals surface area contributed by atoms with Crippen LogP contribution in [0.4, 0.5) is 9.52 Å². The number of ketones is 1. The zero-order valence-corrected chi connectivity index (χ0v) is 18.0. The average molecular weight is 446 g/mol. The fraction of sp³-hybridized carbons (Fsp3) is 0.160. The molecule has 0 unspecified atom stereocenters. The minimum absolute atomic E-state index is 0.0568. The molecular weight excluding hydrogens is 425 g/mol. The van der Waals surface area contributed by atoms with Gasteiger partial charge in [0.2, 0.25) is 0 Å². The van der Waals surface area contributed by atoms with Gasteiger partial charge in [-0.2, -0.15) is 0 Å². The highest BCUT2D eigenvalue weighted by Crippen LogP contribution is 2.30. The van der Waals surface area contributed by atoms with Crippen LogP contribution in [0.3, 0.4) is 0 Å². The van der Waals surface area contributed by atoms with Crippen molar-refractivity contribution >= 4 is 38.4 Å². The van der Waals surface area contributed by atoms with Gasteiger partial charge >= 0.3 is 0 Å². The number of para-hydroxylation sites is 1. The third-order valence-corrected chi connectivity index (χ3v) is 6.71. The lowest BCUT2D eigenvalue weighted by molar-refractivity contribution is 0.0746. The molecule has 5 rings (SSSR count). The van der Waals surface area contributed by atoms with Crippen molar-refractivity contribution in [2.75, 3.05) is 31.1 Å². The predicted molar refractivity (Wildman–Crippen MR) is 124 cm³/mol. The average Bonchev–Trinajstić information content (AvgIpc) is 3.30. The Kier molecular flexibility index (Phi) is 5.41. The first-order valence-corrected chi connectivity index (χ1v) is 11.2. The van der Waals surface area contributed by atoms with Crippen molar-refractivity contribution in [2.45, 2.75) is 0 Å². The van der Waals surface area contributed by atoms with E-state index in [-0.39, 0.29) is 17.5 Å². The first-order valence-electron chi connectivity index (χ1n) is 10.4. The molecule has 1 aliphatic heterocycles. The predicted octanol–water partition coefficient (Wildman–Crippen LogP) is 4.63. The number of thiazole rings is 1. The highest BCUT2D eigenvalue weighted by atomic mass is 32.1. The van der Waals surface area contributed by atoms with Crippen molar-refractivity contribution in [1.82, 2.24) is 9.88 Å². The second-order valence-electron chi connectivity index (χ2n) is 7.63. The van der Waals surface area contributed by atoms with Gasteiger partial charge in [0.25, 0.3) is 5.91 Å². The van der Waals surface area contributed by atoms with E-state index in [9.17, 15) is 14.0 Å². The highest BCUT2D eigenvalue weighted by Gasteiger charge is 2.24. The second-order valence-corrected chi connectivity index (χ2v) is 8.64. The molecule has 1 fully saturated rings. The quantitative estimate of drug-likeness (QED) is 0.430.